The van der Waals surface area contributed by atoms with Crippen molar-refractivity contribution in [3.8, 4) is 11.5 Å². The van der Waals surface area contributed by atoms with Crippen LogP contribution in [0.4, 0.5) is 5.69 Å². The maximum atomic E-state index is 12.4. The van der Waals surface area contributed by atoms with Crippen molar-refractivity contribution in [3.63, 3.8) is 0 Å². The zero-order valence-electron chi connectivity index (χ0n) is 14.9. The lowest BCUT2D eigenvalue weighted by Gasteiger charge is -2.34. The predicted octanol–water partition coefficient (Wildman–Crippen LogP) is 3.47. The number of amides is 1. The highest BCUT2D eigenvalue weighted by molar-refractivity contribution is 6.30. The zero-order valence-corrected chi connectivity index (χ0v) is 15.6. The van der Waals surface area contributed by atoms with Gasteiger partial charge in [0.1, 0.15) is 11.5 Å². The van der Waals surface area contributed by atoms with E-state index in [-0.39, 0.29) is 5.91 Å². The summed E-state index contributed by atoms with van der Waals surface area (Å²) in [5.74, 6) is 1.68. The van der Waals surface area contributed by atoms with E-state index in [4.69, 9.17) is 21.1 Å². The van der Waals surface area contributed by atoms with Gasteiger partial charge in [0.25, 0.3) is 0 Å². The van der Waals surface area contributed by atoms with Gasteiger partial charge >= 0.3 is 0 Å². The number of nitrogens with zero attached hydrogens (tertiary/aromatic N) is 2. The number of halogens is 1. The van der Waals surface area contributed by atoms with Gasteiger partial charge < -0.3 is 14.4 Å². The van der Waals surface area contributed by atoms with Crippen LogP contribution < -0.4 is 14.4 Å². The van der Waals surface area contributed by atoms with E-state index >= 15 is 0 Å². The van der Waals surface area contributed by atoms with Crippen LogP contribution >= 0.6 is 11.6 Å². The second-order valence-electron chi connectivity index (χ2n) is 6.18. The quantitative estimate of drug-likeness (QED) is 0.696. The molecule has 138 valence electrons. The molecule has 2 aromatic carbocycles. The minimum absolute atomic E-state index is 0.104. The van der Waals surface area contributed by atoms with Crippen molar-refractivity contribution >= 4 is 23.2 Å². The van der Waals surface area contributed by atoms with Gasteiger partial charge in [-0.05, 0) is 36.8 Å². The Bertz CT molecular complexity index is 753. The molecule has 1 aliphatic rings. The second-order valence-corrected chi connectivity index (χ2v) is 6.62. The van der Waals surface area contributed by atoms with Gasteiger partial charge in [0.05, 0.1) is 20.3 Å². The first-order valence-corrected chi connectivity index (χ1v) is 9.08. The third-order valence-electron chi connectivity index (χ3n) is 4.35. The summed E-state index contributed by atoms with van der Waals surface area (Å²) in [5.41, 5.74) is 0.864. The Labute approximate surface area is 159 Å². The molecule has 6 heteroatoms. The molecule has 1 fully saturated rings. The Morgan fingerprint density at radius 3 is 2.65 bits per heavy atom. The predicted molar refractivity (Wildman–Crippen MR) is 103 cm³/mol. The zero-order chi connectivity index (χ0) is 18.4. The fourth-order valence-corrected chi connectivity index (χ4v) is 3.18. The first-order valence-electron chi connectivity index (χ1n) is 8.71. The summed E-state index contributed by atoms with van der Waals surface area (Å²) in [6, 6.07) is 15.0. The van der Waals surface area contributed by atoms with E-state index < -0.39 is 0 Å². The summed E-state index contributed by atoms with van der Waals surface area (Å²) in [6.07, 6.45) is 0.863. The Kier molecular flexibility index (Phi) is 6.36. The largest absolute Gasteiger partial charge is 0.497 e. The number of hydrogen-bond acceptors (Lipinski definition) is 4. The van der Waals surface area contributed by atoms with Gasteiger partial charge in [-0.25, -0.2) is 0 Å². The lowest BCUT2D eigenvalue weighted by atomic mass is 10.2. The molecule has 0 aliphatic carbocycles. The second kappa shape index (κ2) is 8.92. The molecule has 0 spiro atoms. The van der Waals surface area contributed by atoms with Crippen LogP contribution in [0.5, 0.6) is 11.5 Å². The average Bonchev–Trinajstić information content (AvgIpc) is 2.65. The summed E-state index contributed by atoms with van der Waals surface area (Å²) in [7, 11) is 1.64. The summed E-state index contributed by atoms with van der Waals surface area (Å²) in [5, 5.41) is 0.646. The summed E-state index contributed by atoms with van der Waals surface area (Å²) >= 11 is 6.02. The van der Waals surface area contributed by atoms with Crippen molar-refractivity contribution in [2.24, 2.45) is 0 Å². The van der Waals surface area contributed by atoms with E-state index in [1.807, 2.05) is 48.5 Å². The SMILES string of the molecule is COc1cccc(OCCCN2CCN(c3cccc(Cl)c3)C(=O)C2)c1. The lowest BCUT2D eigenvalue weighted by molar-refractivity contribution is -0.121. The molecule has 0 bridgehead atoms. The molecule has 1 saturated heterocycles. The number of hydrogen-bond donors (Lipinski definition) is 0. The van der Waals surface area contributed by atoms with E-state index in [9.17, 15) is 4.79 Å². The lowest BCUT2D eigenvalue weighted by Crippen LogP contribution is -2.50. The summed E-state index contributed by atoms with van der Waals surface area (Å²) in [4.78, 5) is 16.4. The minimum atomic E-state index is 0.104. The van der Waals surface area contributed by atoms with E-state index in [1.165, 1.54) is 0 Å². The summed E-state index contributed by atoms with van der Waals surface area (Å²) in [6.45, 7) is 3.38. The number of ether oxygens (including phenoxy) is 2. The number of piperazine rings is 1. The normalized spacial score (nSPS) is 15.2. The topological polar surface area (TPSA) is 42.0 Å². The van der Waals surface area contributed by atoms with Crippen molar-refractivity contribution in [3.05, 3.63) is 53.6 Å². The van der Waals surface area contributed by atoms with Gasteiger partial charge in [0, 0.05) is 36.4 Å². The Morgan fingerprint density at radius 1 is 1.08 bits per heavy atom. The molecule has 0 radical (unpaired) electrons. The molecule has 1 heterocycles. The Balaban J connectivity index is 1.42. The molecule has 0 atom stereocenters. The van der Waals surface area contributed by atoms with Crippen LogP contribution in [0, 0.1) is 0 Å². The standard InChI is InChI=1S/C20H23ClN2O3/c1-25-18-7-3-8-19(14-18)26-12-4-9-22-10-11-23(20(24)15-22)17-6-2-5-16(21)13-17/h2-3,5-8,13-14H,4,9-12,15H2,1H3. The molecule has 0 saturated carbocycles. The van der Waals surface area contributed by atoms with Crippen molar-refractivity contribution in [1.29, 1.82) is 0 Å². The average molecular weight is 375 g/mol. The monoisotopic (exact) mass is 374 g/mol. The van der Waals surface area contributed by atoms with Gasteiger partial charge in [-0.15, -0.1) is 0 Å². The highest BCUT2D eigenvalue weighted by atomic mass is 35.5. The van der Waals surface area contributed by atoms with Gasteiger partial charge in [-0.2, -0.15) is 0 Å². The van der Waals surface area contributed by atoms with Crippen LogP contribution in [0.25, 0.3) is 0 Å². The van der Waals surface area contributed by atoms with Crippen LogP contribution in [0.15, 0.2) is 48.5 Å². The Morgan fingerprint density at radius 2 is 1.88 bits per heavy atom. The smallest absolute Gasteiger partial charge is 0.241 e. The van der Waals surface area contributed by atoms with Crippen LogP contribution in [0.2, 0.25) is 5.02 Å². The first kappa shape index (κ1) is 18.5. The molecule has 1 aliphatic heterocycles. The van der Waals surface area contributed by atoms with Crippen molar-refractivity contribution in [1.82, 2.24) is 4.90 Å². The molecule has 0 N–H and O–H groups in total. The van der Waals surface area contributed by atoms with Crippen molar-refractivity contribution in [2.45, 2.75) is 6.42 Å². The van der Waals surface area contributed by atoms with Crippen LogP contribution in [-0.2, 0) is 4.79 Å². The van der Waals surface area contributed by atoms with Crippen LogP contribution in [-0.4, -0.2) is 50.7 Å². The highest BCUT2D eigenvalue weighted by Crippen LogP contribution is 2.22. The number of carbonyl (C=O) groups excluding carboxylic acids is 1. The molecule has 1 amide bonds. The molecule has 0 unspecified atom stereocenters. The first-order chi connectivity index (χ1) is 12.7. The van der Waals surface area contributed by atoms with Gasteiger partial charge in [-0.1, -0.05) is 23.7 Å². The summed E-state index contributed by atoms with van der Waals surface area (Å²) < 4.78 is 10.9. The Hall–Kier alpha value is -2.24. The maximum absolute atomic E-state index is 12.4. The third-order valence-corrected chi connectivity index (χ3v) is 4.58. The number of benzene rings is 2. The number of methoxy groups -OCH3 is 1. The highest BCUT2D eigenvalue weighted by Gasteiger charge is 2.24. The molecule has 26 heavy (non-hydrogen) atoms. The fraction of sp³-hybridized carbons (Fsp3) is 0.350. The van der Waals surface area contributed by atoms with Gasteiger partial charge in [0.15, 0.2) is 0 Å². The molecule has 2 aromatic rings. The number of anilines is 1. The fourth-order valence-electron chi connectivity index (χ4n) is 3.00. The van der Waals surface area contributed by atoms with Gasteiger partial charge in [-0.3, -0.25) is 9.69 Å². The molecular weight excluding hydrogens is 352 g/mol. The third kappa shape index (κ3) is 4.90. The van der Waals surface area contributed by atoms with Crippen LogP contribution in [0.3, 0.4) is 0 Å². The van der Waals surface area contributed by atoms with E-state index in [0.29, 0.717) is 24.7 Å². The number of rotatable bonds is 7. The van der Waals surface area contributed by atoms with Crippen molar-refractivity contribution < 1.29 is 14.3 Å². The van der Waals surface area contributed by atoms with Gasteiger partial charge in [0.2, 0.25) is 5.91 Å². The van der Waals surface area contributed by atoms with E-state index in [1.54, 1.807) is 12.0 Å². The number of carbonyl (C=O) groups is 1. The van der Waals surface area contributed by atoms with E-state index in [0.717, 1.165) is 36.7 Å². The molecule has 0 aromatic heterocycles. The molecule has 3 rings (SSSR count). The minimum Gasteiger partial charge on any atom is -0.497 e. The maximum Gasteiger partial charge on any atom is 0.241 e. The van der Waals surface area contributed by atoms with Crippen LogP contribution in [0.1, 0.15) is 6.42 Å². The van der Waals surface area contributed by atoms with Crippen molar-refractivity contribution in [2.75, 3.05) is 44.8 Å². The molecular formula is C20H23ClN2O3. The van der Waals surface area contributed by atoms with E-state index in [2.05, 4.69) is 4.90 Å². The molecule has 5 nitrogen and oxygen atoms in total.